The summed E-state index contributed by atoms with van der Waals surface area (Å²) in [5, 5.41) is 9.85. The first-order chi connectivity index (χ1) is 9.47. The van der Waals surface area contributed by atoms with E-state index in [1.165, 1.54) is 12.1 Å². The molecule has 0 aromatic heterocycles. The third-order valence-electron chi connectivity index (χ3n) is 2.58. The Morgan fingerprint density at radius 1 is 1.20 bits per heavy atom. The zero-order valence-corrected chi connectivity index (χ0v) is 13.2. The SMILES string of the molecule is O=C(O)c1ccc(COc2ccc(Cl)cc2Cl)c(Br)c1. The topological polar surface area (TPSA) is 46.5 Å². The summed E-state index contributed by atoms with van der Waals surface area (Å²) in [6, 6.07) is 9.72. The molecule has 0 fully saturated rings. The lowest BCUT2D eigenvalue weighted by Crippen LogP contribution is -2.00. The molecule has 0 bridgehead atoms. The molecule has 1 N–H and O–H groups in total. The molecule has 6 heteroatoms. The molecule has 3 nitrogen and oxygen atoms in total. The van der Waals surface area contributed by atoms with Crippen LogP contribution >= 0.6 is 39.1 Å². The number of benzene rings is 2. The molecule has 0 radical (unpaired) electrons. The minimum atomic E-state index is -0.973. The largest absolute Gasteiger partial charge is 0.487 e. The van der Waals surface area contributed by atoms with Crippen LogP contribution in [0.4, 0.5) is 0 Å². The minimum Gasteiger partial charge on any atom is -0.487 e. The van der Waals surface area contributed by atoms with Crippen molar-refractivity contribution in [2.75, 3.05) is 0 Å². The van der Waals surface area contributed by atoms with Gasteiger partial charge >= 0.3 is 5.97 Å². The Bertz CT molecular complexity index is 659. The van der Waals surface area contributed by atoms with E-state index >= 15 is 0 Å². The molecule has 0 aliphatic heterocycles. The maximum absolute atomic E-state index is 10.8. The first kappa shape index (κ1) is 15.2. The standard InChI is InChI=1S/C14H9BrCl2O3/c15-11-5-8(14(18)19)1-2-9(11)7-20-13-4-3-10(16)6-12(13)17/h1-6H,7H2,(H,18,19). The second-order valence-electron chi connectivity index (χ2n) is 3.97. The highest BCUT2D eigenvalue weighted by Crippen LogP contribution is 2.29. The summed E-state index contributed by atoms with van der Waals surface area (Å²) in [6.45, 7) is 0.266. The molecule has 2 aromatic rings. The second-order valence-corrected chi connectivity index (χ2v) is 5.67. The highest BCUT2D eigenvalue weighted by Gasteiger charge is 2.08. The Morgan fingerprint density at radius 2 is 1.95 bits per heavy atom. The Labute approximate surface area is 134 Å². The van der Waals surface area contributed by atoms with Crippen LogP contribution in [-0.2, 0) is 6.61 Å². The third-order valence-corrected chi connectivity index (χ3v) is 3.85. The van der Waals surface area contributed by atoms with Gasteiger partial charge < -0.3 is 9.84 Å². The molecule has 0 spiro atoms. The number of rotatable bonds is 4. The monoisotopic (exact) mass is 374 g/mol. The first-order valence-electron chi connectivity index (χ1n) is 5.57. The van der Waals surface area contributed by atoms with Crippen LogP contribution in [0.2, 0.25) is 10.0 Å². The van der Waals surface area contributed by atoms with Crippen molar-refractivity contribution in [1.29, 1.82) is 0 Å². The van der Waals surface area contributed by atoms with Gasteiger partial charge in [-0.2, -0.15) is 0 Å². The predicted octanol–water partition coefficient (Wildman–Crippen LogP) is 5.03. The lowest BCUT2D eigenvalue weighted by atomic mass is 10.1. The lowest BCUT2D eigenvalue weighted by Gasteiger charge is -2.10. The second kappa shape index (κ2) is 6.48. The molecular weight excluding hydrogens is 367 g/mol. The van der Waals surface area contributed by atoms with E-state index < -0.39 is 5.97 Å². The normalized spacial score (nSPS) is 10.3. The van der Waals surface area contributed by atoms with Crippen molar-refractivity contribution in [3.63, 3.8) is 0 Å². The van der Waals surface area contributed by atoms with Gasteiger partial charge in [0, 0.05) is 15.1 Å². The Balaban J connectivity index is 2.13. The van der Waals surface area contributed by atoms with E-state index in [1.807, 2.05) is 0 Å². The van der Waals surface area contributed by atoms with Crippen molar-refractivity contribution in [2.45, 2.75) is 6.61 Å². The molecule has 0 heterocycles. The summed E-state index contributed by atoms with van der Waals surface area (Å²) in [5.74, 6) is -0.454. The summed E-state index contributed by atoms with van der Waals surface area (Å²) in [4.78, 5) is 10.8. The van der Waals surface area contributed by atoms with Crippen molar-refractivity contribution in [2.24, 2.45) is 0 Å². The van der Waals surface area contributed by atoms with Gasteiger partial charge in [0.25, 0.3) is 0 Å². The van der Waals surface area contributed by atoms with E-state index in [4.69, 9.17) is 33.0 Å². The lowest BCUT2D eigenvalue weighted by molar-refractivity contribution is 0.0696. The number of aromatic carboxylic acids is 1. The van der Waals surface area contributed by atoms with E-state index in [9.17, 15) is 4.79 Å². The molecule has 2 aromatic carbocycles. The van der Waals surface area contributed by atoms with Gasteiger partial charge in [0.15, 0.2) is 0 Å². The maximum atomic E-state index is 10.8. The average molecular weight is 376 g/mol. The molecule has 0 unspecified atom stereocenters. The van der Waals surface area contributed by atoms with Crippen LogP contribution in [0.5, 0.6) is 5.75 Å². The Kier molecular flexibility index (Phi) is 4.91. The quantitative estimate of drug-likeness (QED) is 0.814. The molecule has 0 amide bonds. The zero-order chi connectivity index (χ0) is 14.7. The summed E-state index contributed by atoms with van der Waals surface area (Å²) in [5.41, 5.74) is 1.03. The zero-order valence-electron chi connectivity index (χ0n) is 10.1. The van der Waals surface area contributed by atoms with Crippen molar-refractivity contribution in [3.05, 3.63) is 62.0 Å². The van der Waals surface area contributed by atoms with Crippen molar-refractivity contribution >= 4 is 45.1 Å². The smallest absolute Gasteiger partial charge is 0.335 e. The van der Waals surface area contributed by atoms with Crippen molar-refractivity contribution < 1.29 is 14.6 Å². The molecule has 0 saturated heterocycles. The molecule has 2 rings (SSSR count). The van der Waals surface area contributed by atoms with Crippen LogP contribution < -0.4 is 4.74 Å². The van der Waals surface area contributed by atoms with Crippen LogP contribution in [-0.4, -0.2) is 11.1 Å². The van der Waals surface area contributed by atoms with Crippen molar-refractivity contribution in [1.82, 2.24) is 0 Å². The maximum Gasteiger partial charge on any atom is 0.335 e. The van der Waals surface area contributed by atoms with Crippen LogP contribution in [0.3, 0.4) is 0 Å². The molecule has 20 heavy (non-hydrogen) atoms. The predicted molar refractivity (Wildman–Crippen MR) is 81.9 cm³/mol. The Hall–Kier alpha value is -1.23. The van der Waals surface area contributed by atoms with Gasteiger partial charge in [-0.3, -0.25) is 0 Å². The molecule has 0 atom stereocenters. The number of ether oxygens (including phenoxy) is 1. The summed E-state index contributed by atoms with van der Waals surface area (Å²) >= 11 is 15.1. The highest BCUT2D eigenvalue weighted by atomic mass is 79.9. The summed E-state index contributed by atoms with van der Waals surface area (Å²) in [7, 11) is 0. The van der Waals surface area contributed by atoms with Gasteiger partial charge in [-0.25, -0.2) is 4.79 Å². The number of carboxylic acids is 1. The molecule has 104 valence electrons. The fourth-order valence-electron chi connectivity index (χ4n) is 1.55. The molecule has 0 saturated carbocycles. The van der Waals surface area contributed by atoms with Crippen LogP contribution in [0.15, 0.2) is 40.9 Å². The van der Waals surface area contributed by atoms with E-state index in [-0.39, 0.29) is 12.2 Å². The number of halogens is 3. The van der Waals surface area contributed by atoms with E-state index in [1.54, 1.807) is 24.3 Å². The van der Waals surface area contributed by atoms with Crippen LogP contribution in [0.25, 0.3) is 0 Å². The van der Waals surface area contributed by atoms with Crippen LogP contribution in [0, 0.1) is 0 Å². The van der Waals surface area contributed by atoms with Gasteiger partial charge in [-0.05, 0) is 30.3 Å². The fourth-order valence-corrected chi connectivity index (χ4v) is 2.50. The van der Waals surface area contributed by atoms with Gasteiger partial charge in [0.1, 0.15) is 12.4 Å². The van der Waals surface area contributed by atoms with Gasteiger partial charge in [-0.15, -0.1) is 0 Å². The number of hydrogen-bond acceptors (Lipinski definition) is 2. The number of carboxylic acid groups (broad SMARTS) is 1. The summed E-state index contributed by atoms with van der Waals surface area (Å²) < 4.78 is 6.26. The van der Waals surface area contributed by atoms with Gasteiger partial charge in [0.05, 0.1) is 10.6 Å². The van der Waals surface area contributed by atoms with Gasteiger partial charge in [-0.1, -0.05) is 45.2 Å². The average Bonchev–Trinajstić information content (AvgIpc) is 2.38. The number of carbonyl (C=O) groups is 1. The molecule has 0 aliphatic rings. The van der Waals surface area contributed by atoms with E-state index in [2.05, 4.69) is 15.9 Å². The van der Waals surface area contributed by atoms with Crippen molar-refractivity contribution in [3.8, 4) is 5.75 Å². The minimum absolute atomic E-state index is 0.213. The van der Waals surface area contributed by atoms with Crippen LogP contribution in [0.1, 0.15) is 15.9 Å². The summed E-state index contributed by atoms with van der Waals surface area (Å²) in [6.07, 6.45) is 0. The number of hydrogen-bond donors (Lipinski definition) is 1. The van der Waals surface area contributed by atoms with E-state index in [0.717, 1.165) is 5.56 Å². The third kappa shape index (κ3) is 3.66. The molecule has 0 aliphatic carbocycles. The fraction of sp³-hybridized carbons (Fsp3) is 0.0714. The highest BCUT2D eigenvalue weighted by molar-refractivity contribution is 9.10. The van der Waals surface area contributed by atoms with E-state index in [0.29, 0.717) is 20.3 Å². The van der Waals surface area contributed by atoms with Gasteiger partial charge in [0.2, 0.25) is 0 Å². The first-order valence-corrected chi connectivity index (χ1v) is 7.12. The Morgan fingerprint density at radius 3 is 2.55 bits per heavy atom. The molecular formula is C14H9BrCl2O3.